The van der Waals surface area contributed by atoms with Crippen molar-refractivity contribution < 1.29 is 24.2 Å². The van der Waals surface area contributed by atoms with Crippen LogP contribution in [0.3, 0.4) is 0 Å². The highest BCUT2D eigenvalue weighted by Crippen LogP contribution is 2.28. The Morgan fingerprint density at radius 3 is 2.40 bits per heavy atom. The molecular weight excluding hydrogens is 566 g/mol. The van der Waals surface area contributed by atoms with Gasteiger partial charge in [0.2, 0.25) is 5.91 Å². The van der Waals surface area contributed by atoms with Crippen LogP contribution >= 0.6 is 0 Å². The standard InChI is InChI=1S/C37H49N3O5/c1-27-23-40(28(2)26-41)37(43)33-22-32(38-36(42)21-30-14-7-5-8-15-30)18-19-34(33)45-29(3)13-11-12-20-44-35(27)25-39(4)24-31-16-9-6-10-17-31/h5-10,14-19,22,27-29,35,41H,11-13,20-21,23-26H2,1-4H3,(H,38,42)/t27-,28+,29+,35+/m0/s1. The molecule has 8 heteroatoms. The second-order valence-corrected chi connectivity index (χ2v) is 12.4. The third-order valence-corrected chi connectivity index (χ3v) is 8.33. The molecular formula is C37H49N3O5. The molecule has 3 aromatic carbocycles. The maximum Gasteiger partial charge on any atom is 0.258 e. The van der Waals surface area contributed by atoms with Gasteiger partial charge >= 0.3 is 0 Å². The van der Waals surface area contributed by atoms with Crippen LogP contribution in [0.5, 0.6) is 5.75 Å². The van der Waals surface area contributed by atoms with Crippen LogP contribution in [0.2, 0.25) is 0 Å². The van der Waals surface area contributed by atoms with E-state index in [4.69, 9.17) is 9.47 Å². The van der Waals surface area contributed by atoms with Gasteiger partial charge in [-0.1, -0.05) is 67.6 Å². The number of nitrogens with zero attached hydrogens (tertiary/aromatic N) is 2. The summed E-state index contributed by atoms with van der Waals surface area (Å²) in [6.07, 6.45) is 2.66. The van der Waals surface area contributed by atoms with E-state index in [2.05, 4.69) is 36.3 Å². The molecule has 0 spiro atoms. The molecule has 0 fully saturated rings. The Kier molecular flexibility index (Phi) is 13.0. The van der Waals surface area contributed by atoms with E-state index in [9.17, 15) is 14.7 Å². The number of benzene rings is 3. The van der Waals surface area contributed by atoms with Crippen LogP contribution in [-0.4, -0.2) is 78.3 Å². The summed E-state index contributed by atoms with van der Waals surface area (Å²) in [6, 6.07) is 24.7. The number of carbonyl (C=O) groups excluding carboxylic acids is 2. The first-order valence-corrected chi connectivity index (χ1v) is 16.1. The van der Waals surface area contributed by atoms with E-state index in [1.807, 2.05) is 62.4 Å². The van der Waals surface area contributed by atoms with Crippen molar-refractivity contribution in [3.05, 3.63) is 95.6 Å². The lowest BCUT2D eigenvalue weighted by Crippen LogP contribution is -2.47. The Morgan fingerprint density at radius 2 is 1.71 bits per heavy atom. The fourth-order valence-corrected chi connectivity index (χ4v) is 5.72. The summed E-state index contributed by atoms with van der Waals surface area (Å²) in [5, 5.41) is 13.2. The number of nitrogens with one attached hydrogen (secondary N) is 1. The number of hydrogen-bond donors (Lipinski definition) is 2. The van der Waals surface area contributed by atoms with Gasteiger partial charge in [-0.2, -0.15) is 0 Å². The fraction of sp³-hybridized carbons (Fsp3) is 0.459. The molecule has 2 amide bonds. The highest BCUT2D eigenvalue weighted by molar-refractivity contribution is 6.00. The molecule has 0 radical (unpaired) electrons. The zero-order valence-electron chi connectivity index (χ0n) is 27.2. The Balaban J connectivity index is 1.59. The summed E-state index contributed by atoms with van der Waals surface area (Å²) < 4.78 is 12.8. The number of carbonyl (C=O) groups is 2. The average molecular weight is 616 g/mol. The molecule has 0 aromatic heterocycles. The van der Waals surface area contributed by atoms with Gasteiger partial charge in [-0.15, -0.1) is 0 Å². The monoisotopic (exact) mass is 615 g/mol. The predicted molar refractivity (Wildman–Crippen MR) is 178 cm³/mol. The number of fused-ring (bicyclic) bond motifs is 1. The first kappa shape index (κ1) is 34.2. The number of aliphatic hydroxyl groups is 1. The molecule has 2 N–H and O–H groups in total. The quantitative estimate of drug-likeness (QED) is 0.317. The molecule has 0 bridgehead atoms. The van der Waals surface area contributed by atoms with Gasteiger partial charge in [0, 0.05) is 37.8 Å². The Hall–Kier alpha value is -3.72. The Morgan fingerprint density at radius 1 is 1.02 bits per heavy atom. The smallest absolute Gasteiger partial charge is 0.258 e. The third kappa shape index (κ3) is 10.4. The fourth-order valence-electron chi connectivity index (χ4n) is 5.72. The largest absolute Gasteiger partial charge is 0.490 e. The van der Waals surface area contributed by atoms with Crippen molar-refractivity contribution in [3.8, 4) is 5.75 Å². The zero-order chi connectivity index (χ0) is 32.2. The highest BCUT2D eigenvalue weighted by Gasteiger charge is 2.30. The number of ether oxygens (including phenoxy) is 2. The van der Waals surface area contributed by atoms with Gasteiger partial charge in [0.25, 0.3) is 5.91 Å². The van der Waals surface area contributed by atoms with Crippen molar-refractivity contribution in [2.24, 2.45) is 5.92 Å². The summed E-state index contributed by atoms with van der Waals surface area (Å²) in [7, 11) is 2.09. The van der Waals surface area contributed by atoms with Crippen LogP contribution in [0, 0.1) is 5.92 Å². The molecule has 1 heterocycles. The maximum atomic E-state index is 14.3. The van der Waals surface area contributed by atoms with E-state index in [0.29, 0.717) is 36.7 Å². The topological polar surface area (TPSA) is 91.3 Å². The van der Waals surface area contributed by atoms with Crippen LogP contribution < -0.4 is 10.1 Å². The number of anilines is 1. The van der Waals surface area contributed by atoms with E-state index in [-0.39, 0.29) is 43.0 Å². The Labute approximate surface area is 268 Å². The second kappa shape index (κ2) is 17.1. The molecule has 45 heavy (non-hydrogen) atoms. The second-order valence-electron chi connectivity index (χ2n) is 12.4. The minimum Gasteiger partial charge on any atom is -0.490 e. The lowest BCUT2D eigenvalue weighted by Gasteiger charge is -2.36. The molecule has 1 aliphatic heterocycles. The molecule has 0 unspecified atom stereocenters. The Bertz CT molecular complexity index is 1350. The van der Waals surface area contributed by atoms with Crippen LogP contribution in [0.1, 0.15) is 61.5 Å². The number of hydrogen-bond acceptors (Lipinski definition) is 6. The van der Waals surface area contributed by atoms with Gasteiger partial charge in [0.1, 0.15) is 5.75 Å². The molecule has 4 atom stereocenters. The van der Waals surface area contributed by atoms with E-state index in [0.717, 1.165) is 31.4 Å². The summed E-state index contributed by atoms with van der Waals surface area (Å²) in [5.41, 5.74) is 3.03. The van der Waals surface area contributed by atoms with Crippen molar-refractivity contribution in [1.29, 1.82) is 0 Å². The normalized spacial score (nSPS) is 20.5. The lowest BCUT2D eigenvalue weighted by atomic mass is 10.0. The van der Waals surface area contributed by atoms with Crippen molar-refractivity contribution in [2.45, 2.75) is 71.2 Å². The summed E-state index contributed by atoms with van der Waals surface area (Å²) >= 11 is 0. The number of likely N-dealkylation sites (N-methyl/N-ethyl adjacent to an activating group) is 1. The highest BCUT2D eigenvalue weighted by atomic mass is 16.5. The number of amides is 2. The lowest BCUT2D eigenvalue weighted by molar-refractivity contribution is -0.115. The first-order chi connectivity index (χ1) is 21.7. The van der Waals surface area contributed by atoms with Crippen molar-refractivity contribution >= 4 is 17.5 Å². The summed E-state index contributed by atoms with van der Waals surface area (Å²) in [6.45, 7) is 8.31. The van der Waals surface area contributed by atoms with Gasteiger partial charge in [0.15, 0.2) is 0 Å². The third-order valence-electron chi connectivity index (χ3n) is 8.33. The van der Waals surface area contributed by atoms with Gasteiger partial charge in [-0.25, -0.2) is 0 Å². The predicted octanol–water partition coefficient (Wildman–Crippen LogP) is 5.80. The first-order valence-electron chi connectivity index (χ1n) is 16.1. The van der Waals surface area contributed by atoms with E-state index in [1.165, 1.54) is 5.56 Å². The van der Waals surface area contributed by atoms with Gasteiger partial charge in [-0.05, 0) is 69.5 Å². The summed E-state index contributed by atoms with van der Waals surface area (Å²) in [4.78, 5) is 31.2. The zero-order valence-corrected chi connectivity index (χ0v) is 27.2. The maximum absolute atomic E-state index is 14.3. The number of rotatable bonds is 9. The number of aliphatic hydroxyl groups excluding tert-OH is 1. The minimum absolute atomic E-state index is 0.0128. The summed E-state index contributed by atoms with van der Waals surface area (Å²) in [5.74, 6) is 0.0424. The van der Waals surface area contributed by atoms with Crippen LogP contribution in [-0.2, 0) is 22.5 Å². The van der Waals surface area contributed by atoms with E-state index < -0.39 is 6.04 Å². The molecule has 0 aliphatic carbocycles. The van der Waals surface area contributed by atoms with Gasteiger partial charge in [-0.3, -0.25) is 14.5 Å². The van der Waals surface area contributed by atoms with Gasteiger partial charge < -0.3 is 24.8 Å². The molecule has 242 valence electrons. The molecule has 8 nitrogen and oxygen atoms in total. The van der Waals surface area contributed by atoms with E-state index in [1.54, 1.807) is 23.1 Å². The van der Waals surface area contributed by atoms with Crippen LogP contribution in [0.4, 0.5) is 5.69 Å². The molecule has 4 rings (SSSR count). The minimum atomic E-state index is -0.433. The average Bonchev–Trinajstić information content (AvgIpc) is 3.03. The van der Waals surface area contributed by atoms with Crippen LogP contribution in [0.25, 0.3) is 0 Å². The van der Waals surface area contributed by atoms with Crippen molar-refractivity contribution in [1.82, 2.24) is 9.80 Å². The van der Waals surface area contributed by atoms with E-state index >= 15 is 0 Å². The molecule has 0 saturated carbocycles. The SMILES string of the molecule is C[C@@H]1CCCCO[C@H](CN(C)Cc2ccccc2)[C@@H](C)CN([C@H](C)CO)C(=O)c2cc(NC(=O)Cc3ccccc3)ccc2O1. The van der Waals surface area contributed by atoms with Crippen LogP contribution in [0.15, 0.2) is 78.9 Å². The molecule has 1 aliphatic rings. The van der Waals surface area contributed by atoms with Crippen molar-refractivity contribution in [3.63, 3.8) is 0 Å². The molecule has 0 saturated heterocycles. The molecule has 3 aromatic rings. The van der Waals surface area contributed by atoms with Crippen molar-refractivity contribution in [2.75, 3.05) is 38.7 Å². The van der Waals surface area contributed by atoms with Gasteiger partial charge in [0.05, 0.1) is 36.8 Å².